The van der Waals surface area contributed by atoms with Crippen molar-refractivity contribution < 1.29 is 16.8 Å². The second-order valence-corrected chi connectivity index (χ2v) is 9.97. The lowest BCUT2D eigenvalue weighted by molar-refractivity contribution is 0.555. The number of sulfonamides is 1. The summed E-state index contributed by atoms with van der Waals surface area (Å²) in [5.74, 6) is -0.192. The molecule has 6 nitrogen and oxygen atoms in total. The molecule has 1 saturated heterocycles. The van der Waals surface area contributed by atoms with Gasteiger partial charge in [0.05, 0.1) is 33.1 Å². The average Bonchev–Trinajstić information content (AvgIpc) is 2.33. The molecular weight excluding hydrogens is 392 g/mol. The van der Waals surface area contributed by atoms with Gasteiger partial charge in [0.2, 0.25) is 10.0 Å². The van der Waals surface area contributed by atoms with Crippen LogP contribution in [0.5, 0.6) is 0 Å². The van der Waals surface area contributed by atoms with Gasteiger partial charge in [-0.1, -0.05) is 11.6 Å². The number of nitrogens with one attached hydrogen (secondary N) is 1. The fourth-order valence-corrected chi connectivity index (χ4v) is 5.61. The molecule has 0 atom stereocenters. The molecule has 1 fully saturated rings. The monoisotopic (exact) mass is 402 g/mol. The maximum absolute atomic E-state index is 12.2. The predicted molar refractivity (Wildman–Crippen MR) is 81.2 cm³/mol. The summed E-state index contributed by atoms with van der Waals surface area (Å²) < 4.78 is 49.9. The molecule has 2 rings (SSSR count). The van der Waals surface area contributed by atoms with E-state index in [4.69, 9.17) is 11.6 Å². The highest BCUT2D eigenvalue weighted by Crippen LogP contribution is 2.26. The summed E-state index contributed by atoms with van der Waals surface area (Å²) in [7, 11) is -6.73. The van der Waals surface area contributed by atoms with Gasteiger partial charge >= 0.3 is 0 Å². The fourth-order valence-electron chi connectivity index (χ4n) is 1.90. The van der Waals surface area contributed by atoms with E-state index >= 15 is 0 Å². The van der Waals surface area contributed by atoms with Crippen LogP contribution in [-0.2, 0) is 19.9 Å². The molecule has 0 saturated carbocycles. The summed E-state index contributed by atoms with van der Waals surface area (Å²) in [6, 6.07) is 1.51. The van der Waals surface area contributed by atoms with Gasteiger partial charge in [0.15, 0.2) is 0 Å². The molecule has 1 aromatic rings. The van der Waals surface area contributed by atoms with Crippen molar-refractivity contribution in [1.82, 2.24) is 4.98 Å². The van der Waals surface area contributed by atoms with Crippen LogP contribution in [0.1, 0.15) is 12.8 Å². The number of aromatic nitrogens is 1. The summed E-state index contributed by atoms with van der Waals surface area (Å²) in [6.07, 6.45) is 1.53. The van der Waals surface area contributed by atoms with Crippen LogP contribution >= 0.6 is 27.5 Å². The molecule has 0 radical (unpaired) electrons. The topological polar surface area (TPSA) is 93.2 Å². The van der Waals surface area contributed by atoms with Crippen molar-refractivity contribution in [1.29, 1.82) is 0 Å². The Balaban J connectivity index is 2.13. The Morgan fingerprint density at radius 3 is 2.50 bits per heavy atom. The van der Waals surface area contributed by atoms with Crippen LogP contribution in [0.3, 0.4) is 0 Å². The fraction of sp³-hybridized carbons (Fsp3) is 0.500. The van der Waals surface area contributed by atoms with Gasteiger partial charge in [0.25, 0.3) is 0 Å². The number of halogens is 2. The molecule has 20 heavy (non-hydrogen) atoms. The highest BCUT2D eigenvalue weighted by molar-refractivity contribution is 9.10. The SMILES string of the molecule is O=S1(=O)CCC(S(=O)(=O)Nc2cnc(Cl)c(Br)c2)CC1. The van der Waals surface area contributed by atoms with E-state index in [-0.39, 0.29) is 35.2 Å². The molecule has 0 spiro atoms. The third-order valence-corrected chi connectivity index (χ3v) is 7.72. The van der Waals surface area contributed by atoms with E-state index in [0.717, 1.165) is 0 Å². The van der Waals surface area contributed by atoms with E-state index in [9.17, 15) is 16.8 Å². The van der Waals surface area contributed by atoms with Gasteiger partial charge in [-0.3, -0.25) is 4.72 Å². The molecule has 0 aromatic carbocycles. The largest absolute Gasteiger partial charge is 0.282 e. The van der Waals surface area contributed by atoms with E-state index in [0.29, 0.717) is 4.47 Å². The van der Waals surface area contributed by atoms with Crippen molar-refractivity contribution in [2.75, 3.05) is 16.2 Å². The van der Waals surface area contributed by atoms with Crippen molar-refractivity contribution >= 4 is 53.1 Å². The van der Waals surface area contributed by atoms with E-state index < -0.39 is 25.1 Å². The third kappa shape index (κ3) is 3.84. The summed E-state index contributed by atoms with van der Waals surface area (Å²) in [5, 5.41) is -0.475. The molecule has 0 aliphatic carbocycles. The summed E-state index contributed by atoms with van der Waals surface area (Å²) in [4.78, 5) is 3.83. The number of hydrogen-bond acceptors (Lipinski definition) is 5. The first-order valence-electron chi connectivity index (χ1n) is 5.73. The molecule has 1 aliphatic rings. The molecule has 0 bridgehead atoms. The summed E-state index contributed by atoms with van der Waals surface area (Å²) in [6.45, 7) is 0. The highest BCUT2D eigenvalue weighted by atomic mass is 79.9. The zero-order valence-corrected chi connectivity index (χ0v) is 14.2. The molecular formula is C10H12BrClN2O4S2. The van der Waals surface area contributed by atoms with Crippen molar-refractivity contribution in [2.24, 2.45) is 0 Å². The molecule has 1 N–H and O–H groups in total. The van der Waals surface area contributed by atoms with Gasteiger partial charge < -0.3 is 0 Å². The van der Waals surface area contributed by atoms with Crippen molar-refractivity contribution in [3.8, 4) is 0 Å². The van der Waals surface area contributed by atoms with Gasteiger partial charge in [-0.05, 0) is 34.8 Å². The Morgan fingerprint density at radius 2 is 1.95 bits per heavy atom. The summed E-state index contributed by atoms with van der Waals surface area (Å²) >= 11 is 8.89. The van der Waals surface area contributed by atoms with Crippen LogP contribution in [0.15, 0.2) is 16.7 Å². The van der Waals surface area contributed by atoms with Crippen LogP contribution in [0.25, 0.3) is 0 Å². The minimum Gasteiger partial charge on any atom is -0.282 e. The average molecular weight is 404 g/mol. The van der Waals surface area contributed by atoms with E-state index in [1.165, 1.54) is 12.3 Å². The minimum absolute atomic E-state index is 0.0961. The Morgan fingerprint density at radius 1 is 1.35 bits per heavy atom. The van der Waals surface area contributed by atoms with Crippen molar-refractivity contribution in [3.63, 3.8) is 0 Å². The second-order valence-electron chi connectivity index (χ2n) is 4.49. The number of sulfone groups is 1. The molecule has 2 heterocycles. The Labute approximate surface area is 131 Å². The molecule has 0 unspecified atom stereocenters. The van der Waals surface area contributed by atoms with Gasteiger partial charge in [0.1, 0.15) is 15.0 Å². The molecule has 1 aromatic heterocycles. The van der Waals surface area contributed by atoms with Crippen molar-refractivity contribution in [3.05, 3.63) is 21.9 Å². The molecule has 112 valence electrons. The normalized spacial score (nSPS) is 19.7. The van der Waals surface area contributed by atoms with Gasteiger partial charge in [-0.25, -0.2) is 21.8 Å². The van der Waals surface area contributed by atoms with Gasteiger partial charge in [0, 0.05) is 0 Å². The Kier molecular flexibility index (Phi) is 4.63. The van der Waals surface area contributed by atoms with Gasteiger partial charge in [-0.2, -0.15) is 0 Å². The minimum atomic E-state index is -3.63. The van der Waals surface area contributed by atoms with Crippen LogP contribution in [0, 0.1) is 0 Å². The molecule has 1 aliphatic heterocycles. The predicted octanol–water partition coefficient (Wildman–Crippen LogP) is 1.82. The second kappa shape index (κ2) is 5.78. The van der Waals surface area contributed by atoms with Crippen LogP contribution in [0.4, 0.5) is 5.69 Å². The zero-order valence-electron chi connectivity index (χ0n) is 10.2. The lowest BCUT2D eigenvalue weighted by atomic mass is 10.2. The summed E-state index contributed by atoms with van der Waals surface area (Å²) in [5.41, 5.74) is 0.287. The standard InChI is InChI=1S/C10H12BrClN2O4S2/c11-9-5-7(6-13-10(9)12)14-20(17,18)8-1-3-19(15,16)4-2-8/h5-6,8,14H,1-4H2. The lowest BCUT2D eigenvalue weighted by Crippen LogP contribution is -2.36. The smallest absolute Gasteiger partial charge is 0.235 e. The number of rotatable bonds is 3. The number of nitrogens with zero attached hydrogens (tertiary/aromatic N) is 1. The Hall–Kier alpha value is -0.380. The maximum Gasteiger partial charge on any atom is 0.235 e. The highest BCUT2D eigenvalue weighted by Gasteiger charge is 2.32. The number of anilines is 1. The first-order valence-corrected chi connectivity index (χ1v) is 10.3. The third-order valence-electron chi connectivity index (χ3n) is 3.00. The number of hydrogen-bond donors (Lipinski definition) is 1. The molecule has 10 heteroatoms. The lowest BCUT2D eigenvalue weighted by Gasteiger charge is -2.22. The Bertz CT molecular complexity index is 707. The van der Waals surface area contributed by atoms with E-state index in [1.807, 2.05) is 0 Å². The van der Waals surface area contributed by atoms with Crippen LogP contribution in [-0.4, -0.2) is 38.6 Å². The quantitative estimate of drug-likeness (QED) is 0.777. The van der Waals surface area contributed by atoms with Gasteiger partial charge in [-0.15, -0.1) is 0 Å². The number of pyridine rings is 1. The van der Waals surface area contributed by atoms with E-state index in [2.05, 4.69) is 25.6 Å². The van der Waals surface area contributed by atoms with Crippen molar-refractivity contribution in [2.45, 2.75) is 18.1 Å². The van der Waals surface area contributed by atoms with Crippen LogP contribution in [0.2, 0.25) is 5.15 Å². The molecule has 0 amide bonds. The van der Waals surface area contributed by atoms with Crippen LogP contribution < -0.4 is 4.72 Å². The first kappa shape index (κ1) is 16.0. The zero-order chi connectivity index (χ0) is 15.0. The van der Waals surface area contributed by atoms with E-state index in [1.54, 1.807) is 0 Å². The first-order chi connectivity index (χ1) is 9.20. The maximum atomic E-state index is 12.2.